The lowest BCUT2D eigenvalue weighted by Crippen LogP contribution is -2.35. The minimum atomic E-state index is -0.237. The molecule has 2 fully saturated rings. The predicted octanol–water partition coefficient (Wildman–Crippen LogP) is 5.61. The van der Waals surface area contributed by atoms with Crippen LogP contribution in [0.3, 0.4) is 0 Å². The van der Waals surface area contributed by atoms with Gasteiger partial charge in [0.2, 0.25) is 0 Å². The molecule has 3 aromatic carbocycles. The number of nitrogens with one attached hydrogen (secondary N) is 3. The fourth-order valence-corrected chi connectivity index (χ4v) is 6.96. The molecule has 5 unspecified atom stereocenters. The van der Waals surface area contributed by atoms with Crippen molar-refractivity contribution in [2.45, 2.75) is 31.2 Å². The first-order valence-electron chi connectivity index (χ1n) is 13.3. The monoisotopic (exact) mass is 495 g/mol. The molecule has 2 amide bonds. The minimum absolute atomic E-state index is 0.204. The third-order valence-electron chi connectivity index (χ3n) is 8.52. The number of rotatable bonds is 7. The van der Waals surface area contributed by atoms with Gasteiger partial charge in [0.05, 0.1) is 23.9 Å². The summed E-state index contributed by atoms with van der Waals surface area (Å²) in [6, 6.07) is 24.2. The van der Waals surface area contributed by atoms with Crippen molar-refractivity contribution in [1.29, 1.82) is 0 Å². The van der Waals surface area contributed by atoms with Gasteiger partial charge in [-0.3, -0.25) is 9.59 Å². The summed E-state index contributed by atoms with van der Waals surface area (Å²) in [5.74, 6) is 1.97. The molecule has 0 spiro atoms. The van der Waals surface area contributed by atoms with Crippen LogP contribution in [0.1, 0.15) is 63.1 Å². The fourth-order valence-electron chi connectivity index (χ4n) is 6.96. The fraction of sp³-hybridized carbons (Fsp3) is 0.355. The highest BCUT2D eigenvalue weighted by atomic mass is 16.5. The second-order valence-electron chi connectivity index (χ2n) is 10.5. The number of para-hydroxylation sites is 1. The van der Waals surface area contributed by atoms with E-state index in [0.29, 0.717) is 53.8 Å². The quantitative estimate of drug-likeness (QED) is 0.372. The van der Waals surface area contributed by atoms with E-state index < -0.39 is 0 Å². The molecule has 6 heteroatoms. The van der Waals surface area contributed by atoms with Gasteiger partial charge in [-0.15, -0.1) is 0 Å². The summed E-state index contributed by atoms with van der Waals surface area (Å²) in [5.41, 5.74) is 5.30. The van der Waals surface area contributed by atoms with E-state index in [0.717, 1.165) is 11.6 Å². The number of benzene rings is 3. The van der Waals surface area contributed by atoms with Gasteiger partial charge in [-0.2, -0.15) is 0 Å². The van der Waals surface area contributed by atoms with Crippen molar-refractivity contribution in [3.05, 3.63) is 95.1 Å². The number of ether oxygens (including phenoxy) is 1. The maximum Gasteiger partial charge on any atom is 0.255 e. The standard InChI is InChI=1S/C31H33N3O3/c1-37-16-15-32-31(36)23-9-5-6-10-25(23)34-30(35)22-13-14-26-24(18-22)27-20-11-12-21(17-20)28(27)29(33-26)19-7-3-2-4-8-19/h2-10,13-14,18,20-21,27-29,33H,11-12,15-17H2,1H3,(H,32,36)(H,34,35). The molecule has 3 N–H and O–H groups in total. The average Bonchev–Trinajstić information content (AvgIpc) is 3.56. The van der Waals surface area contributed by atoms with Crippen LogP contribution in [0.15, 0.2) is 72.8 Å². The van der Waals surface area contributed by atoms with Crippen molar-refractivity contribution < 1.29 is 14.3 Å². The molecule has 0 aromatic heterocycles. The SMILES string of the molecule is COCCNC(=O)c1ccccc1NC(=O)c1ccc2c(c1)C1C3CCC(C3)C1C(c1ccccc1)N2. The van der Waals surface area contributed by atoms with Crippen LogP contribution < -0.4 is 16.0 Å². The molecule has 1 aliphatic heterocycles. The van der Waals surface area contributed by atoms with Crippen LogP contribution in [0.5, 0.6) is 0 Å². The summed E-state index contributed by atoms with van der Waals surface area (Å²) in [7, 11) is 1.59. The molecule has 6 rings (SSSR count). The Balaban J connectivity index is 1.27. The molecule has 3 aliphatic rings. The Kier molecular flexibility index (Phi) is 6.43. The highest BCUT2D eigenvalue weighted by molar-refractivity contribution is 6.09. The van der Waals surface area contributed by atoms with Crippen molar-refractivity contribution in [2.75, 3.05) is 30.9 Å². The number of anilines is 2. The molecule has 2 saturated carbocycles. The van der Waals surface area contributed by atoms with Gasteiger partial charge in [0, 0.05) is 24.9 Å². The van der Waals surface area contributed by atoms with Crippen LogP contribution in [-0.2, 0) is 4.74 Å². The van der Waals surface area contributed by atoms with E-state index in [1.54, 1.807) is 25.3 Å². The summed E-state index contributed by atoms with van der Waals surface area (Å²) in [4.78, 5) is 26.1. The minimum Gasteiger partial charge on any atom is -0.383 e. The van der Waals surface area contributed by atoms with Gasteiger partial charge >= 0.3 is 0 Å². The molecule has 190 valence electrons. The summed E-state index contributed by atoms with van der Waals surface area (Å²) in [5, 5.41) is 9.65. The zero-order valence-electron chi connectivity index (χ0n) is 21.1. The third-order valence-corrected chi connectivity index (χ3v) is 8.52. The molecule has 1 heterocycles. The van der Waals surface area contributed by atoms with Crippen molar-refractivity contribution in [1.82, 2.24) is 5.32 Å². The second kappa shape index (κ2) is 10.0. The van der Waals surface area contributed by atoms with Gasteiger partial charge < -0.3 is 20.7 Å². The van der Waals surface area contributed by atoms with Crippen molar-refractivity contribution >= 4 is 23.2 Å². The first-order valence-corrected chi connectivity index (χ1v) is 13.3. The number of hydrogen-bond donors (Lipinski definition) is 3. The molecular weight excluding hydrogens is 462 g/mol. The number of hydrogen-bond acceptors (Lipinski definition) is 4. The summed E-state index contributed by atoms with van der Waals surface area (Å²) >= 11 is 0. The Bertz CT molecular complexity index is 1310. The molecule has 0 radical (unpaired) electrons. The van der Waals surface area contributed by atoms with Gasteiger partial charge in [0.1, 0.15) is 0 Å². The molecule has 2 bridgehead atoms. The van der Waals surface area contributed by atoms with Gasteiger partial charge in [-0.25, -0.2) is 0 Å². The number of carbonyl (C=O) groups is 2. The van der Waals surface area contributed by atoms with E-state index in [1.165, 1.54) is 30.4 Å². The largest absolute Gasteiger partial charge is 0.383 e. The Labute approximate surface area is 217 Å². The zero-order valence-corrected chi connectivity index (χ0v) is 21.1. The van der Waals surface area contributed by atoms with E-state index in [-0.39, 0.29) is 11.8 Å². The number of carbonyl (C=O) groups excluding carboxylic acids is 2. The molecule has 0 saturated heterocycles. The van der Waals surface area contributed by atoms with Crippen molar-refractivity contribution in [3.63, 3.8) is 0 Å². The summed E-state index contributed by atoms with van der Waals surface area (Å²) in [6.45, 7) is 0.836. The molecule has 3 aromatic rings. The van der Waals surface area contributed by atoms with Crippen molar-refractivity contribution in [3.8, 4) is 0 Å². The Hall–Kier alpha value is -3.64. The van der Waals surface area contributed by atoms with Gasteiger partial charge in [0.25, 0.3) is 11.8 Å². The van der Waals surface area contributed by atoms with Crippen LogP contribution in [0.2, 0.25) is 0 Å². The first kappa shape index (κ1) is 23.7. The normalized spacial score (nSPS) is 25.1. The third kappa shape index (κ3) is 4.40. The lowest BCUT2D eigenvalue weighted by Gasteiger charge is -2.43. The van der Waals surface area contributed by atoms with E-state index >= 15 is 0 Å². The van der Waals surface area contributed by atoms with Crippen LogP contribution >= 0.6 is 0 Å². The Morgan fingerprint density at radius 3 is 2.57 bits per heavy atom. The summed E-state index contributed by atoms with van der Waals surface area (Å²) in [6.07, 6.45) is 3.85. The van der Waals surface area contributed by atoms with Gasteiger partial charge in [-0.05, 0) is 84.4 Å². The number of methoxy groups -OCH3 is 1. The molecule has 37 heavy (non-hydrogen) atoms. The van der Waals surface area contributed by atoms with Crippen LogP contribution in [-0.4, -0.2) is 32.1 Å². The summed E-state index contributed by atoms with van der Waals surface area (Å²) < 4.78 is 5.02. The van der Waals surface area contributed by atoms with E-state index in [9.17, 15) is 9.59 Å². The highest BCUT2D eigenvalue weighted by Gasteiger charge is 2.53. The number of fused-ring (bicyclic) bond motifs is 7. The lowest BCUT2D eigenvalue weighted by atomic mass is 9.68. The predicted molar refractivity (Wildman–Crippen MR) is 145 cm³/mol. The van der Waals surface area contributed by atoms with E-state index in [1.807, 2.05) is 12.1 Å². The Morgan fingerprint density at radius 1 is 0.946 bits per heavy atom. The molecule has 2 aliphatic carbocycles. The highest BCUT2D eigenvalue weighted by Crippen LogP contribution is 2.63. The molecular formula is C31H33N3O3. The van der Waals surface area contributed by atoms with Gasteiger partial charge in [-0.1, -0.05) is 42.5 Å². The average molecular weight is 496 g/mol. The Morgan fingerprint density at radius 2 is 1.73 bits per heavy atom. The topological polar surface area (TPSA) is 79.5 Å². The van der Waals surface area contributed by atoms with Gasteiger partial charge in [0.15, 0.2) is 0 Å². The van der Waals surface area contributed by atoms with E-state index in [4.69, 9.17) is 4.74 Å². The smallest absolute Gasteiger partial charge is 0.255 e. The van der Waals surface area contributed by atoms with E-state index in [2.05, 4.69) is 58.4 Å². The van der Waals surface area contributed by atoms with Crippen LogP contribution in [0.4, 0.5) is 11.4 Å². The second-order valence-corrected chi connectivity index (χ2v) is 10.5. The number of amides is 2. The van der Waals surface area contributed by atoms with Crippen LogP contribution in [0.25, 0.3) is 0 Å². The van der Waals surface area contributed by atoms with Crippen molar-refractivity contribution in [2.24, 2.45) is 17.8 Å². The van der Waals surface area contributed by atoms with Crippen LogP contribution in [0, 0.1) is 17.8 Å². The maximum absolute atomic E-state index is 13.4. The lowest BCUT2D eigenvalue weighted by molar-refractivity contribution is 0.0938. The molecule has 5 atom stereocenters. The first-order chi connectivity index (χ1) is 18.1. The molecule has 6 nitrogen and oxygen atoms in total. The maximum atomic E-state index is 13.4. The zero-order chi connectivity index (χ0) is 25.4.